The van der Waals surface area contributed by atoms with Crippen LogP contribution in [-0.4, -0.2) is 17.5 Å². The number of aliphatic hydroxyl groups is 1. The van der Waals surface area contributed by atoms with Gasteiger partial charge in [0.2, 0.25) is 0 Å². The fraction of sp³-hybridized carbons (Fsp3) is 0.857. The fourth-order valence-electron chi connectivity index (χ4n) is 2.79. The Kier molecular flexibility index (Phi) is 18.9. The molecule has 0 aromatic carbocycles. The van der Waals surface area contributed by atoms with Crippen molar-refractivity contribution >= 4 is 5.78 Å². The van der Waals surface area contributed by atoms with Crippen LogP contribution in [0.1, 0.15) is 110 Å². The summed E-state index contributed by atoms with van der Waals surface area (Å²) in [7, 11) is 0. The Hall–Kier alpha value is -0.630. The lowest BCUT2D eigenvalue weighted by atomic mass is 10.1. The second kappa shape index (κ2) is 19.4. The van der Waals surface area contributed by atoms with Gasteiger partial charge in [0.1, 0.15) is 5.78 Å². The van der Waals surface area contributed by atoms with Crippen molar-refractivity contribution in [2.24, 2.45) is 0 Å². The Morgan fingerprint density at radius 3 is 1.74 bits per heavy atom. The van der Waals surface area contributed by atoms with Gasteiger partial charge in [-0.3, -0.25) is 4.79 Å². The van der Waals surface area contributed by atoms with Gasteiger partial charge in [-0.15, -0.1) is 0 Å². The molecule has 0 radical (unpaired) electrons. The van der Waals surface area contributed by atoms with Gasteiger partial charge in [0.05, 0.1) is 0 Å². The molecule has 0 aromatic rings. The lowest BCUT2D eigenvalue weighted by Gasteiger charge is -2.01. The number of carbonyl (C=O) groups is 1. The molecular formula is C21H40O2. The van der Waals surface area contributed by atoms with Crippen LogP contribution in [0.3, 0.4) is 0 Å². The maximum Gasteiger partial charge on any atom is 0.132 e. The molecule has 1 N–H and O–H groups in total. The topological polar surface area (TPSA) is 37.3 Å². The highest BCUT2D eigenvalue weighted by atomic mass is 16.3. The van der Waals surface area contributed by atoms with E-state index < -0.39 is 0 Å². The normalized spacial score (nSPS) is 11.4. The standard InChI is InChI=1S/C21H40O2/c1-2-3-4-5-6-7-8-9-10-11-12-13-14-15-16-18-21(23)19-17-20-22/h9-10,22H,2-8,11-20H2,1H3. The summed E-state index contributed by atoms with van der Waals surface area (Å²) in [5, 5.41) is 8.66. The summed E-state index contributed by atoms with van der Waals surface area (Å²) in [6, 6.07) is 0. The minimum Gasteiger partial charge on any atom is -0.396 e. The van der Waals surface area contributed by atoms with E-state index >= 15 is 0 Å². The maximum atomic E-state index is 11.4. The smallest absolute Gasteiger partial charge is 0.132 e. The van der Waals surface area contributed by atoms with E-state index in [0.717, 1.165) is 6.42 Å². The van der Waals surface area contributed by atoms with Crippen molar-refractivity contribution in [1.29, 1.82) is 0 Å². The van der Waals surface area contributed by atoms with Gasteiger partial charge in [-0.1, -0.05) is 70.4 Å². The molecule has 0 spiro atoms. The number of carbonyl (C=O) groups excluding carboxylic acids is 1. The van der Waals surface area contributed by atoms with Gasteiger partial charge < -0.3 is 5.11 Å². The molecule has 136 valence electrons. The summed E-state index contributed by atoms with van der Waals surface area (Å²) in [5.41, 5.74) is 0. The summed E-state index contributed by atoms with van der Waals surface area (Å²) >= 11 is 0. The molecule has 0 rings (SSSR count). The molecule has 0 aromatic heterocycles. The Morgan fingerprint density at radius 2 is 1.17 bits per heavy atom. The minimum atomic E-state index is 0.137. The number of unbranched alkanes of at least 4 members (excludes halogenated alkanes) is 11. The zero-order valence-electron chi connectivity index (χ0n) is 15.5. The van der Waals surface area contributed by atoms with Gasteiger partial charge in [-0.25, -0.2) is 0 Å². The van der Waals surface area contributed by atoms with E-state index in [4.69, 9.17) is 5.11 Å². The first-order valence-corrected chi connectivity index (χ1v) is 10.1. The van der Waals surface area contributed by atoms with E-state index in [1.807, 2.05) is 0 Å². The van der Waals surface area contributed by atoms with Crippen molar-refractivity contribution < 1.29 is 9.90 Å². The molecule has 0 aliphatic rings. The third-order valence-corrected chi connectivity index (χ3v) is 4.33. The van der Waals surface area contributed by atoms with E-state index in [0.29, 0.717) is 25.0 Å². The highest BCUT2D eigenvalue weighted by Crippen LogP contribution is 2.10. The monoisotopic (exact) mass is 324 g/mol. The molecule has 0 aliphatic heterocycles. The molecule has 0 saturated carbocycles. The first-order chi connectivity index (χ1) is 11.3. The highest BCUT2D eigenvalue weighted by molar-refractivity contribution is 5.78. The number of aliphatic hydroxyl groups excluding tert-OH is 1. The average Bonchev–Trinajstić information content (AvgIpc) is 2.56. The van der Waals surface area contributed by atoms with Crippen molar-refractivity contribution in [3.8, 4) is 0 Å². The number of hydrogen-bond acceptors (Lipinski definition) is 2. The van der Waals surface area contributed by atoms with Gasteiger partial charge >= 0.3 is 0 Å². The third-order valence-electron chi connectivity index (χ3n) is 4.33. The molecule has 0 heterocycles. The maximum absolute atomic E-state index is 11.4. The predicted molar refractivity (Wildman–Crippen MR) is 101 cm³/mol. The second-order valence-corrected chi connectivity index (χ2v) is 6.70. The van der Waals surface area contributed by atoms with Crippen molar-refractivity contribution in [1.82, 2.24) is 0 Å². The Morgan fingerprint density at radius 1 is 0.696 bits per heavy atom. The zero-order chi connectivity index (χ0) is 17.0. The Labute approximate surface area is 144 Å². The predicted octanol–water partition coefficient (Wildman–Crippen LogP) is 6.37. The summed E-state index contributed by atoms with van der Waals surface area (Å²) < 4.78 is 0. The number of rotatable bonds is 18. The lowest BCUT2D eigenvalue weighted by molar-refractivity contribution is -0.119. The molecule has 0 unspecified atom stereocenters. The molecule has 0 amide bonds. The van der Waals surface area contributed by atoms with Gasteiger partial charge in [-0.05, 0) is 38.5 Å². The summed E-state index contributed by atoms with van der Waals surface area (Å²) in [5.74, 6) is 0.316. The van der Waals surface area contributed by atoms with Crippen LogP contribution in [0.4, 0.5) is 0 Å². The molecule has 0 atom stereocenters. The highest BCUT2D eigenvalue weighted by Gasteiger charge is 2.00. The second-order valence-electron chi connectivity index (χ2n) is 6.70. The Bertz CT molecular complexity index is 271. The minimum absolute atomic E-state index is 0.137. The van der Waals surface area contributed by atoms with E-state index in [-0.39, 0.29) is 6.61 Å². The van der Waals surface area contributed by atoms with Crippen LogP contribution in [0.2, 0.25) is 0 Å². The van der Waals surface area contributed by atoms with Crippen LogP contribution >= 0.6 is 0 Å². The van der Waals surface area contributed by atoms with Crippen molar-refractivity contribution in [2.75, 3.05) is 6.61 Å². The van der Waals surface area contributed by atoms with E-state index in [1.54, 1.807) is 0 Å². The van der Waals surface area contributed by atoms with Crippen LogP contribution in [0.15, 0.2) is 12.2 Å². The van der Waals surface area contributed by atoms with Crippen LogP contribution < -0.4 is 0 Å². The van der Waals surface area contributed by atoms with Gasteiger partial charge in [0.15, 0.2) is 0 Å². The van der Waals surface area contributed by atoms with Crippen molar-refractivity contribution in [2.45, 2.75) is 110 Å². The number of Topliss-reactive ketones (excluding diaryl/α,β-unsaturated/α-hetero) is 1. The largest absolute Gasteiger partial charge is 0.396 e. The zero-order valence-corrected chi connectivity index (χ0v) is 15.5. The molecule has 2 nitrogen and oxygen atoms in total. The van der Waals surface area contributed by atoms with Gasteiger partial charge in [-0.2, -0.15) is 0 Å². The van der Waals surface area contributed by atoms with Crippen LogP contribution in [0, 0.1) is 0 Å². The SMILES string of the molecule is CCCCCCCCC=CCCCCCCCC(=O)CCCO. The van der Waals surface area contributed by atoms with Gasteiger partial charge in [0.25, 0.3) is 0 Å². The van der Waals surface area contributed by atoms with E-state index in [1.165, 1.54) is 77.0 Å². The van der Waals surface area contributed by atoms with Crippen molar-refractivity contribution in [3.05, 3.63) is 12.2 Å². The number of hydrogen-bond donors (Lipinski definition) is 1. The molecule has 0 aliphatic carbocycles. The van der Waals surface area contributed by atoms with Crippen LogP contribution in [0.25, 0.3) is 0 Å². The van der Waals surface area contributed by atoms with Crippen molar-refractivity contribution in [3.63, 3.8) is 0 Å². The van der Waals surface area contributed by atoms with Crippen LogP contribution in [0.5, 0.6) is 0 Å². The first kappa shape index (κ1) is 22.4. The van der Waals surface area contributed by atoms with E-state index in [9.17, 15) is 4.79 Å². The molecule has 2 heteroatoms. The Balaban J connectivity index is 3.14. The third kappa shape index (κ3) is 19.3. The molecule has 0 bridgehead atoms. The van der Waals surface area contributed by atoms with Crippen LogP contribution in [-0.2, 0) is 4.79 Å². The molecular weight excluding hydrogens is 284 g/mol. The van der Waals surface area contributed by atoms with Gasteiger partial charge in [0, 0.05) is 19.4 Å². The molecule has 0 saturated heterocycles. The molecule has 0 fully saturated rings. The first-order valence-electron chi connectivity index (χ1n) is 10.1. The number of ketones is 1. The van der Waals surface area contributed by atoms with E-state index in [2.05, 4.69) is 19.1 Å². The summed E-state index contributed by atoms with van der Waals surface area (Å²) in [6.07, 6.45) is 23.4. The number of allylic oxidation sites excluding steroid dienone is 2. The summed E-state index contributed by atoms with van der Waals surface area (Å²) in [6.45, 7) is 2.40. The average molecular weight is 325 g/mol. The quantitative estimate of drug-likeness (QED) is 0.235. The molecule has 23 heavy (non-hydrogen) atoms. The summed E-state index contributed by atoms with van der Waals surface area (Å²) in [4.78, 5) is 11.4. The fourth-order valence-corrected chi connectivity index (χ4v) is 2.79. The lowest BCUT2D eigenvalue weighted by Crippen LogP contribution is -1.99.